The first kappa shape index (κ1) is 29.8. The fraction of sp³-hybridized carbons (Fsp3) is 0.367. The predicted molar refractivity (Wildman–Crippen MR) is 154 cm³/mol. The molecule has 1 amide bonds. The molecular weight excluding hydrogens is 516 g/mol. The van der Waals surface area contributed by atoms with E-state index in [1.807, 2.05) is 44.2 Å². The zero-order valence-electron chi connectivity index (χ0n) is 23.7. The Morgan fingerprint density at radius 2 is 1.49 bits per heavy atom. The number of aryl methyl sites for hydroxylation is 2. The minimum Gasteiger partial charge on any atom is -0.493 e. The number of carbonyl (C=O) groups excluding carboxylic acids is 1. The molecular formula is C30H38N2O6S. The number of methoxy groups -OCH3 is 2. The molecule has 3 rings (SSSR count). The summed E-state index contributed by atoms with van der Waals surface area (Å²) in [6.45, 7) is 10.2. The number of amides is 1. The monoisotopic (exact) mass is 554 g/mol. The van der Waals surface area contributed by atoms with Crippen LogP contribution in [-0.4, -0.2) is 48.2 Å². The smallest absolute Gasteiger partial charge is 0.264 e. The van der Waals surface area contributed by atoms with Crippen LogP contribution in [0.25, 0.3) is 0 Å². The van der Waals surface area contributed by atoms with E-state index in [0.29, 0.717) is 17.2 Å². The van der Waals surface area contributed by atoms with E-state index in [4.69, 9.17) is 14.2 Å². The van der Waals surface area contributed by atoms with Gasteiger partial charge < -0.3 is 19.5 Å². The second-order valence-corrected chi connectivity index (χ2v) is 12.2. The second kappa shape index (κ2) is 12.4. The molecule has 0 aliphatic rings. The van der Waals surface area contributed by atoms with Gasteiger partial charge in [0.1, 0.15) is 18.9 Å². The lowest BCUT2D eigenvalue weighted by molar-refractivity contribution is -0.119. The number of hydrogen-bond acceptors (Lipinski definition) is 6. The van der Waals surface area contributed by atoms with Crippen molar-refractivity contribution in [3.8, 4) is 17.2 Å². The van der Waals surface area contributed by atoms with E-state index in [2.05, 4.69) is 26.1 Å². The Balaban J connectivity index is 1.75. The van der Waals surface area contributed by atoms with Crippen LogP contribution in [0.2, 0.25) is 0 Å². The maximum absolute atomic E-state index is 13.8. The van der Waals surface area contributed by atoms with Crippen molar-refractivity contribution in [2.24, 2.45) is 0 Å². The van der Waals surface area contributed by atoms with Crippen LogP contribution >= 0.6 is 0 Å². The lowest BCUT2D eigenvalue weighted by Gasteiger charge is -2.25. The molecule has 39 heavy (non-hydrogen) atoms. The van der Waals surface area contributed by atoms with Gasteiger partial charge in [0.15, 0.2) is 11.5 Å². The Morgan fingerprint density at radius 3 is 2.05 bits per heavy atom. The summed E-state index contributed by atoms with van der Waals surface area (Å²) in [5, 5.41) is 2.77. The van der Waals surface area contributed by atoms with Crippen molar-refractivity contribution in [1.82, 2.24) is 5.32 Å². The van der Waals surface area contributed by atoms with E-state index in [9.17, 15) is 13.2 Å². The molecule has 0 radical (unpaired) electrons. The SMILES string of the molecule is COc1ccc(S(=O)(=O)N(CC(=O)NCCOc2ccc(C(C)(C)C)cc2)c2cc(C)cc(C)c2)cc1OC. The first-order chi connectivity index (χ1) is 18.3. The Kier molecular flexibility index (Phi) is 9.50. The molecule has 1 N–H and O–H groups in total. The third-order valence-corrected chi connectivity index (χ3v) is 7.91. The molecule has 0 atom stereocenters. The van der Waals surface area contributed by atoms with Crippen molar-refractivity contribution < 1.29 is 27.4 Å². The molecule has 3 aromatic carbocycles. The molecule has 0 fully saturated rings. The van der Waals surface area contributed by atoms with Gasteiger partial charge in [-0.3, -0.25) is 9.10 Å². The van der Waals surface area contributed by atoms with Crippen molar-refractivity contribution in [2.75, 3.05) is 38.2 Å². The number of hydrogen-bond donors (Lipinski definition) is 1. The molecule has 0 heterocycles. The molecule has 8 nitrogen and oxygen atoms in total. The van der Waals surface area contributed by atoms with Crippen molar-refractivity contribution in [3.05, 3.63) is 77.4 Å². The number of carbonyl (C=O) groups is 1. The van der Waals surface area contributed by atoms with Gasteiger partial charge in [-0.15, -0.1) is 0 Å². The average molecular weight is 555 g/mol. The number of sulfonamides is 1. The van der Waals surface area contributed by atoms with Gasteiger partial charge in [0.05, 0.1) is 31.3 Å². The van der Waals surface area contributed by atoms with E-state index in [0.717, 1.165) is 15.4 Å². The average Bonchev–Trinajstić information content (AvgIpc) is 2.88. The van der Waals surface area contributed by atoms with Crippen LogP contribution < -0.4 is 23.8 Å². The summed E-state index contributed by atoms with van der Waals surface area (Å²) in [4.78, 5) is 12.9. The van der Waals surface area contributed by atoms with E-state index < -0.39 is 22.5 Å². The first-order valence-electron chi connectivity index (χ1n) is 12.7. The van der Waals surface area contributed by atoms with Gasteiger partial charge in [-0.1, -0.05) is 39.0 Å². The van der Waals surface area contributed by atoms with Crippen LogP contribution in [0.5, 0.6) is 17.2 Å². The quantitative estimate of drug-likeness (QED) is 0.335. The van der Waals surface area contributed by atoms with Gasteiger partial charge in [0.2, 0.25) is 5.91 Å². The summed E-state index contributed by atoms with van der Waals surface area (Å²) in [7, 11) is -1.21. The molecule has 0 aromatic heterocycles. The topological polar surface area (TPSA) is 94.2 Å². The lowest BCUT2D eigenvalue weighted by Crippen LogP contribution is -2.42. The Labute approximate surface area is 231 Å². The number of rotatable bonds is 11. The summed E-state index contributed by atoms with van der Waals surface area (Å²) >= 11 is 0. The van der Waals surface area contributed by atoms with E-state index in [-0.39, 0.29) is 29.2 Å². The van der Waals surface area contributed by atoms with Crippen LogP contribution in [-0.2, 0) is 20.2 Å². The van der Waals surface area contributed by atoms with Gasteiger partial charge in [0, 0.05) is 6.07 Å². The fourth-order valence-corrected chi connectivity index (χ4v) is 5.53. The van der Waals surface area contributed by atoms with Gasteiger partial charge in [0.25, 0.3) is 10.0 Å². The normalized spacial score (nSPS) is 11.6. The lowest BCUT2D eigenvalue weighted by atomic mass is 9.87. The summed E-state index contributed by atoms with van der Waals surface area (Å²) in [5.41, 5.74) is 3.40. The number of ether oxygens (including phenoxy) is 3. The van der Waals surface area contributed by atoms with Crippen molar-refractivity contribution >= 4 is 21.6 Å². The molecule has 0 aliphatic carbocycles. The van der Waals surface area contributed by atoms with Crippen LogP contribution in [0.4, 0.5) is 5.69 Å². The standard InChI is InChI=1S/C30H38N2O6S/c1-21-16-22(2)18-24(17-21)32(39(34,35)26-12-13-27(36-6)28(19-26)37-7)20-29(33)31-14-15-38-25-10-8-23(9-11-25)30(3,4)5/h8-13,16-19H,14-15,20H2,1-7H3,(H,31,33). The summed E-state index contributed by atoms with van der Waals surface area (Å²) < 4.78 is 45.0. The van der Waals surface area contributed by atoms with Crippen LogP contribution in [0.1, 0.15) is 37.5 Å². The number of anilines is 1. The Hall–Kier alpha value is -3.72. The fourth-order valence-electron chi connectivity index (χ4n) is 4.11. The molecule has 0 saturated carbocycles. The van der Waals surface area contributed by atoms with E-state index in [1.54, 1.807) is 12.1 Å². The minimum absolute atomic E-state index is 0.0193. The Bertz CT molecular complexity index is 1380. The largest absolute Gasteiger partial charge is 0.493 e. The molecule has 210 valence electrons. The summed E-state index contributed by atoms with van der Waals surface area (Å²) in [6, 6.07) is 17.6. The highest BCUT2D eigenvalue weighted by Gasteiger charge is 2.28. The molecule has 0 saturated heterocycles. The highest BCUT2D eigenvalue weighted by atomic mass is 32.2. The number of benzene rings is 3. The van der Waals surface area contributed by atoms with Gasteiger partial charge in [-0.2, -0.15) is 0 Å². The van der Waals surface area contributed by atoms with Gasteiger partial charge in [-0.25, -0.2) is 8.42 Å². The first-order valence-corrected chi connectivity index (χ1v) is 14.1. The molecule has 3 aromatic rings. The number of nitrogens with one attached hydrogen (secondary N) is 1. The maximum atomic E-state index is 13.8. The van der Waals surface area contributed by atoms with Crippen LogP contribution in [0, 0.1) is 13.8 Å². The van der Waals surface area contributed by atoms with Gasteiger partial charge >= 0.3 is 0 Å². The summed E-state index contributed by atoms with van der Waals surface area (Å²) in [6.07, 6.45) is 0. The molecule has 0 unspecified atom stereocenters. The molecule has 0 spiro atoms. The van der Waals surface area contributed by atoms with Crippen molar-refractivity contribution in [3.63, 3.8) is 0 Å². The molecule has 0 bridgehead atoms. The Morgan fingerprint density at radius 1 is 0.872 bits per heavy atom. The highest BCUT2D eigenvalue weighted by molar-refractivity contribution is 7.92. The van der Waals surface area contributed by atoms with Crippen molar-refractivity contribution in [2.45, 2.75) is 44.9 Å². The summed E-state index contributed by atoms with van der Waals surface area (Å²) in [5.74, 6) is 0.923. The van der Waals surface area contributed by atoms with Gasteiger partial charge in [-0.05, 0) is 72.4 Å². The van der Waals surface area contributed by atoms with E-state index >= 15 is 0 Å². The highest BCUT2D eigenvalue weighted by Crippen LogP contribution is 2.32. The third kappa shape index (κ3) is 7.66. The van der Waals surface area contributed by atoms with E-state index in [1.165, 1.54) is 38.0 Å². The minimum atomic E-state index is -4.12. The third-order valence-electron chi connectivity index (χ3n) is 6.14. The zero-order valence-corrected chi connectivity index (χ0v) is 24.5. The molecule has 9 heteroatoms. The second-order valence-electron chi connectivity index (χ2n) is 10.3. The number of nitrogens with zero attached hydrogens (tertiary/aromatic N) is 1. The van der Waals surface area contributed by atoms with Crippen molar-refractivity contribution in [1.29, 1.82) is 0 Å². The maximum Gasteiger partial charge on any atom is 0.264 e. The zero-order chi connectivity index (χ0) is 28.8. The molecule has 0 aliphatic heterocycles. The van der Waals surface area contributed by atoms with Crippen LogP contribution in [0.3, 0.4) is 0 Å². The van der Waals surface area contributed by atoms with Crippen LogP contribution in [0.15, 0.2) is 65.6 Å². The predicted octanol–water partition coefficient (Wildman–Crippen LogP) is 5.01.